The maximum atomic E-state index is 13.9. The Hall–Kier alpha value is -2.71. The number of thiol groups is 1. The number of alkyl carbamates (subject to hydrolysis) is 1. The van der Waals surface area contributed by atoms with Crippen LogP contribution in [0.4, 0.5) is 10.5 Å². The molecule has 0 aliphatic rings. The van der Waals surface area contributed by atoms with Gasteiger partial charge in [0.2, 0.25) is 5.91 Å². The Morgan fingerprint density at radius 1 is 1.05 bits per heavy atom. The zero-order chi connectivity index (χ0) is 27.8. The number of carbonyl (C=O) groups is 3. The van der Waals surface area contributed by atoms with E-state index in [0.717, 1.165) is 17.5 Å². The quantitative estimate of drug-likeness (QED) is 0.314. The fraction of sp³-hybridized carbons (Fsp3) is 0.464. The summed E-state index contributed by atoms with van der Waals surface area (Å²) in [6.07, 6.45) is 0.748. The molecule has 0 bridgehead atoms. The van der Waals surface area contributed by atoms with Crippen LogP contribution in [0.1, 0.15) is 63.3 Å². The third-order valence-corrected chi connectivity index (χ3v) is 6.40. The third kappa shape index (κ3) is 8.68. The van der Waals surface area contributed by atoms with Gasteiger partial charge in [-0.25, -0.2) is 4.79 Å². The van der Waals surface area contributed by atoms with Crippen LogP contribution in [0.15, 0.2) is 42.5 Å². The van der Waals surface area contributed by atoms with Gasteiger partial charge in [-0.05, 0) is 63.8 Å². The predicted molar refractivity (Wildman–Crippen MR) is 152 cm³/mol. The molecule has 0 heterocycles. The number of nitrogens with one attached hydrogen (secondary N) is 2. The van der Waals surface area contributed by atoms with Crippen LogP contribution in [0.25, 0.3) is 0 Å². The molecule has 7 nitrogen and oxygen atoms in total. The molecule has 2 atom stereocenters. The van der Waals surface area contributed by atoms with Crippen molar-refractivity contribution < 1.29 is 19.1 Å². The van der Waals surface area contributed by atoms with Crippen molar-refractivity contribution in [2.45, 2.75) is 72.1 Å². The van der Waals surface area contributed by atoms with E-state index in [1.54, 1.807) is 26.8 Å². The van der Waals surface area contributed by atoms with E-state index < -0.39 is 35.6 Å². The maximum absolute atomic E-state index is 13.9. The minimum absolute atomic E-state index is 0.0342. The second-order valence-electron chi connectivity index (χ2n) is 9.95. The Morgan fingerprint density at radius 2 is 1.70 bits per heavy atom. The maximum Gasteiger partial charge on any atom is 0.408 e. The van der Waals surface area contributed by atoms with Crippen molar-refractivity contribution in [2.75, 3.05) is 17.6 Å². The Labute approximate surface area is 230 Å². The van der Waals surface area contributed by atoms with E-state index in [0.29, 0.717) is 29.2 Å². The largest absolute Gasteiger partial charge is 0.444 e. The van der Waals surface area contributed by atoms with E-state index in [1.807, 2.05) is 57.2 Å². The van der Waals surface area contributed by atoms with E-state index in [4.69, 9.17) is 16.3 Å². The monoisotopic (exact) mass is 547 g/mol. The lowest BCUT2D eigenvalue weighted by Crippen LogP contribution is -2.53. The molecule has 0 aromatic heterocycles. The molecular weight excluding hydrogens is 510 g/mol. The summed E-state index contributed by atoms with van der Waals surface area (Å²) in [6.45, 7) is 11.3. The van der Waals surface area contributed by atoms with Crippen LogP contribution in [0.2, 0.25) is 5.02 Å². The van der Waals surface area contributed by atoms with Gasteiger partial charge >= 0.3 is 6.09 Å². The smallest absolute Gasteiger partial charge is 0.408 e. The summed E-state index contributed by atoms with van der Waals surface area (Å²) in [5.74, 6) is -0.786. The highest BCUT2D eigenvalue weighted by Crippen LogP contribution is 2.31. The lowest BCUT2D eigenvalue weighted by Gasteiger charge is -2.35. The van der Waals surface area contributed by atoms with Crippen molar-refractivity contribution in [1.82, 2.24) is 10.2 Å². The number of hydrogen-bond donors (Lipinski definition) is 3. The van der Waals surface area contributed by atoms with Crippen molar-refractivity contribution in [1.29, 1.82) is 0 Å². The average molecular weight is 548 g/mol. The van der Waals surface area contributed by atoms with Gasteiger partial charge in [0, 0.05) is 12.3 Å². The first-order chi connectivity index (χ1) is 17.4. The molecule has 2 rings (SSSR count). The van der Waals surface area contributed by atoms with Crippen molar-refractivity contribution >= 4 is 47.8 Å². The molecule has 2 N–H and O–H groups in total. The van der Waals surface area contributed by atoms with Crippen LogP contribution >= 0.6 is 24.2 Å². The Balaban J connectivity index is 2.52. The summed E-state index contributed by atoms with van der Waals surface area (Å²) >= 11 is 10.7. The van der Waals surface area contributed by atoms with Crippen molar-refractivity contribution in [3.8, 4) is 0 Å². The lowest BCUT2D eigenvalue weighted by molar-refractivity contribution is -0.140. The number of hydrogen-bond acceptors (Lipinski definition) is 5. The van der Waals surface area contributed by atoms with E-state index in [1.165, 1.54) is 4.90 Å². The molecule has 2 aromatic rings. The molecule has 2 unspecified atom stereocenters. The summed E-state index contributed by atoms with van der Waals surface area (Å²) in [6, 6.07) is 10.9. The highest BCUT2D eigenvalue weighted by atomic mass is 35.5. The molecule has 2 aromatic carbocycles. The minimum atomic E-state index is -0.989. The average Bonchev–Trinajstić information content (AvgIpc) is 2.81. The zero-order valence-electron chi connectivity index (χ0n) is 22.4. The normalized spacial score (nSPS) is 12.9. The molecule has 0 fully saturated rings. The van der Waals surface area contributed by atoms with E-state index >= 15 is 0 Å². The first-order valence-corrected chi connectivity index (χ1v) is 13.4. The third-order valence-electron chi connectivity index (χ3n) is 5.72. The fourth-order valence-electron chi connectivity index (χ4n) is 3.86. The molecule has 0 aliphatic heterocycles. The number of rotatable bonds is 10. The van der Waals surface area contributed by atoms with E-state index in [9.17, 15) is 14.4 Å². The number of halogens is 1. The van der Waals surface area contributed by atoms with Gasteiger partial charge in [-0.1, -0.05) is 61.3 Å². The topological polar surface area (TPSA) is 87.7 Å². The van der Waals surface area contributed by atoms with Gasteiger partial charge in [-0.2, -0.15) is 12.6 Å². The molecule has 0 spiro atoms. The SMILES string of the molecule is CCCCN(C(=O)C(CS)NC(=O)OC(C)(C)C)C(C(=O)Nc1c(C)cccc1Cl)c1ccccc1C. The van der Waals surface area contributed by atoms with Crippen LogP contribution in [0, 0.1) is 13.8 Å². The number of carbonyl (C=O) groups excluding carboxylic acids is 3. The van der Waals surface area contributed by atoms with Gasteiger partial charge in [0.25, 0.3) is 5.91 Å². The van der Waals surface area contributed by atoms with E-state index in [2.05, 4.69) is 23.3 Å². The van der Waals surface area contributed by atoms with Crippen molar-refractivity contribution in [2.24, 2.45) is 0 Å². The standard InChI is InChI=1S/C28H38ClN3O4S/c1-7-8-16-32(26(34)22(17-37)30-27(35)36-28(4,5)6)24(20-14-10-9-12-18(20)2)25(33)31-23-19(3)13-11-15-21(23)29/h9-15,22,24,37H,7-8,16-17H2,1-6H3,(H,30,35)(H,31,33). The molecule has 0 saturated heterocycles. The molecule has 0 aliphatic carbocycles. The Bertz CT molecular complexity index is 1080. The minimum Gasteiger partial charge on any atom is -0.444 e. The number of aryl methyl sites for hydroxylation is 2. The van der Waals surface area contributed by atoms with Crippen molar-refractivity contribution in [3.05, 3.63) is 64.2 Å². The van der Waals surface area contributed by atoms with Gasteiger partial charge in [0.15, 0.2) is 0 Å². The second kappa shape index (κ2) is 13.7. The number of unbranched alkanes of at least 4 members (excludes halogenated alkanes) is 1. The first-order valence-electron chi connectivity index (χ1n) is 12.4. The summed E-state index contributed by atoms with van der Waals surface area (Å²) in [5.41, 5.74) is 2.11. The van der Waals surface area contributed by atoms with Gasteiger partial charge in [0.1, 0.15) is 17.7 Å². The van der Waals surface area contributed by atoms with Crippen LogP contribution < -0.4 is 10.6 Å². The molecule has 9 heteroatoms. The number of nitrogens with zero attached hydrogens (tertiary/aromatic N) is 1. The highest BCUT2D eigenvalue weighted by Gasteiger charge is 2.36. The molecule has 0 saturated carbocycles. The molecular formula is C28H38ClN3O4S. The van der Waals surface area contributed by atoms with E-state index in [-0.39, 0.29) is 5.75 Å². The highest BCUT2D eigenvalue weighted by molar-refractivity contribution is 7.80. The van der Waals surface area contributed by atoms with Gasteiger partial charge in [0.05, 0.1) is 10.7 Å². The molecule has 3 amide bonds. The van der Waals surface area contributed by atoms with Gasteiger partial charge in [-0.15, -0.1) is 0 Å². The molecule has 0 radical (unpaired) electrons. The molecule has 202 valence electrons. The Kier molecular flexibility index (Phi) is 11.3. The lowest BCUT2D eigenvalue weighted by atomic mass is 9.97. The number of ether oxygens (including phenoxy) is 1. The predicted octanol–water partition coefficient (Wildman–Crippen LogP) is 6.09. The van der Waals surface area contributed by atoms with Crippen LogP contribution in [0.3, 0.4) is 0 Å². The Morgan fingerprint density at radius 3 is 2.27 bits per heavy atom. The summed E-state index contributed by atoms with van der Waals surface area (Å²) in [7, 11) is 0. The van der Waals surface area contributed by atoms with Gasteiger partial charge < -0.3 is 20.3 Å². The number of para-hydroxylation sites is 1. The fourth-order valence-corrected chi connectivity index (χ4v) is 4.37. The zero-order valence-corrected chi connectivity index (χ0v) is 24.1. The van der Waals surface area contributed by atoms with Crippen LogP contribution in [-0.2, 0) is 14.3 Å². The van der Waals surface area contributed by atoms with Crippen LogP contribution in [-0.4, -0.2) is 46.7 Å². The number of anilines is 1. The number of amides is 3. The van der Waals surface area contributed by atoms with Crippen molar-refractivity contribution in [3.63, 3.8) is 0 Å². The number of benzene rings is 2. The summed E-state index contributed by atoms with van der Waals surface area (Å²) in [5, 5.41) is 5.98. The summed E-state index contributed by atoms with van der Waals surface area (Å²) in [4.78, 5) is 41.8. The first kappa shape index (κ1) is 30.5. The summed E-state index contributed by atoms with van der Waals surface area (Å²) < 4.78 is 5.35. The van der Waals surface area contributed by atoms with Gasteiger partial charge in [-0.3, -0.25) is 9.59 Å². The van der Waals surface area contributed by atoms with Crippen LogP contribution in [0.5, 0.6) is 0 Å². The second-order valence-corrected chi connectivity index (χ2v) is 10.7. The molecule has 37 heavy (non-hydrogen) atoms.